The van der Waals surface area contributed by atoms with E-state index in [9.17, 15) is 4.79 Å². The molecule has 0 bridgehead atoms. The number of rotatable bonds is 4. The van der Waals surface area contributed by atoms with Gasteiger partial charge in [0.25, 0.3) is 5.56 Å². The molecule has 140 valence electrons. The average Bonchev–Trinajstić information content (AvgIpc) is 3.40. The Bertz CT molecular complexity index is 1180. The Morgan fingerprint density at radius 2 is 2.11 bits per heavy atom. The van der Waals surface area contributed by atoms with Gasteiger partial charge in [0.15, 0.2) is 0 Å². The van der Waals surface area contributed by atoms with Crippen LogP contribution in [0.4, 0.5) is 11.6 Å². The summed E-state index contributed by atoms with van der Waals surface area (Å²) in [5, 5.41) is 21.6. The molecule has 1 aromatic carbocycles. The monoisotopic (exact) mass is 377 g/mol. The molecule has 0 fully saturated rings. The van der Waals surface area contributed by atoms with Crippen molar-refractivity contribution >= 4 is 11.6 Å². The van der Waals surface area contributed by atoms with Crippen LogP contribution in [0.5, 0.6) is 5.75 Å². The van der Waals surface area contributed by atoms with Crippen molar-refractivity contribution in [2.24, 2.45) is 0 Å². The summed E-state index contributed by atoms with van der Waals surface area (Å²) in [4.78, 5) is 12.5. The first-order valence-electron chi connectivity index (χ1n) is 8.70. The van der Waals surface area contributed by atoms with Crippen LogP contribution in [0.2, 0.25) is 0 Å². The van der Waals surface area contributed by atoms with Gasteiger partial charge in [-0.05, 0) is 53.7 Å². The maximum atomic E-state index is 12.5. The number of tetrazole rings is 1. The van der Waals surface area contributed by atoms with E-state index in [4.69, 9.17) is 9.15 Å². The van der Waals surface area contributed by atoms with E-state index in [1.54, 1.807) is 17.0 Å². The lowest BCUT2D eigenvalue weighted by atomic mass is 9.96. The molecule has 4 heterocycles. The Kier molecular flexibility index (Phi) is 3.68. The third-order valence-corrected chi connectivity index (χ3v) is 4.52. The number of nitrogens with zero attached hydrogens (tertiary/aromatic N) is 5. The van der Waals surface area contributed by atoms with Crippen molar-refractivity contribution in [2.45, 2.75) is 13.0 Å². The summed E-state index contributed by atoms with van der Waals surface area (Å²) in [6.07, 6.45) is 1.57. The normalized spacial score (nSPS) is 14.8. The van der Waals surface area contributed by atoms with Gasteiger partial charge in [0, 0.05) is 11.1 Å². The fourth-order valence-electron chi connectivity index (χ4n) is 3.34. The number of benzene rings is 1. The number of hydrogen-bond acceptors (Lipinski definition) is 8. The molecule has 3 aromatic heterocycles. The van der Waals surface area contributed by atoms with E-state index in [1.807, 2.05) is 37.3 Å². The van der Waals surface area contributed by atoms with E-state index in [2.05, 4.69) is 31.0 Å². The van der Waals surface area contributed by atoms with Crippen LogP contribution < -0.4 is 15.6 Å². The number of anilines is 2. The number of aromatic amines is 1. The van der Waals surface area contributed by atoms with Crippen LogP contribution >= 0.6 is 0 Å². The largest absolute Gasteiger partial charge is 0.494 e. The predicted molar refractivity (Wildman–Crippen MR) is 98.5 cm³/mol. The lowest BCUT2D eigenvalue weighted by Crippen LogP contribution is -2.28. The Balaban J connectivity index is 1.73. The first-order chi connectivity index (χ1) is 13.8. The van der Waals surface area contributed by atoms with Crippen LogP contribution in [0.1, 0.15) is 24.3 Å². The Morgan fingerprint density at radius 3 is 2.86 bits per heavy atom. The minimum atomic E-state index is -0.535. The van der Waals surface area contributed by atoms with E-state index < -0.39 is 6.04 Å². The molecule has 1 atom stereocenters. The van der Waals surface area contributed by atoms with Crippen molar-refractivity contribution < 1.29 is 9.15 Å². The molecule has 0 radical (unpaired) electrons. The molecular formula is C18H15N7O3. The highest BCUT2D eigenvalue weighted by Crippen LogP contribution is 2.41. The standard InChI is InChI=1S/C18H15N7O3/c1-2-27-11-7-5-10(6-8-11)14-13-15(17(26)21-20-14)19-18-22-23-24-25(18)16(13)12-4-3-9-28-12/h3-9,16H,2H2,1H3,(H,21,26)(H,19,22,24)/t16-/m1/s1. The number of ether oxygens (including phenoxy) is 1. The quantitative estimate of drug-likeness (QED) is 0.488. The molecule has 0 aliphatic carbocycles. The third kappa shape index (κ3) is 2.46. The van der Waals surface area contributed by atoms with Gasteiger partial charge in [-0.1, -0.05) is 5.10 Å². The lowest BCUT2D eigenvalue weighted by Gasteiger charge is -2.26. The Hall–Kier alpha value is -3.95. The van der Waals surface area contributed by atoms with Crippen LogP contribution in [0.3, 0.4) is 0 Å². The molecule has 0 amide bonds. The molecule has 0 saturated carbocycles. The number of aromatic nitrogens is 6. The summed E-state index contributed by atoms with van der Waals surface area (Å²) in [5.74, 6) is 1.70. The molecular weight excluding hydrogens is 362 g/mol. The lowest BCUT2D eigenvalue weighted by molar-refractivity contribution is 0.340. The van der Waals surface area contributed by atoms with Crippen LogP contribution in [0.25, 0.3) is 11.3 Å². The van der Waals surface area contributed by atoms with E-state index in [-0.39, 0.29) is 5.56 Å². The predicted octanol–water partition coefficient (Wildman–Crippen LogP) is 2.11. The second-order valence-electron chi connectivity index (χ2n) is 6.14. The van der Waals surface area contributed by atoms with Gasteiger partial charge in [-0.25, -0.2) is 5.10 Å². The van der Waals surface area contributed by atoms with Crippen molar-refractivity contribution in [3.63, 3.8) is 0 Å². The minimum Gasteiger partial charge on any atom is -0.494 e. The van der Waals surface area contributed by atoms with E-state index in [1.165, 1.54) is 0 Å². The number of hydrogen-bond donors (Lipinski definition) is 2. The molecule has 28 heavy (non-hydrogen) atoms. The van der Waals surface area contributed by atoms with Crippen LogP contribution in [-0.4, -0.2) is 37.0 Å². The first kappa shape index (κ1) is 16.2. The molecule has 1 aliphatic rings. The molecule has 4 aromatic rings. The topological polar surface area (TPSA) is 124 Å². The summed E-state index contributed by atoms with van der Waals surface area (Å²) in [7, 11) is 0. The number of fused-ring (bicyclic) bond motifs is 2. The van der Waals surface area contributed by atoms with E-state index in [0.717, 1.165) is 11.3 Å². The summed E-state index contributed by atoms with van der Waals surface area (Å²) in [6.45, 7) is 2.51. The van der Waals surface area contributed by atoms with Crippen LogP contribution in [-0.2, 0) is 0 Å². The summed E-state index contributed by atoms with van der Waals surface area (Å²) < 4.78 is 12.7. The van der Waals surface area contributed by atoms with Gasteiger partial charge in [0.05, 0.1) is 18.6 Å². The Labute approximate surface area is 158 Å². The summed E-state index contributed by atoms with van der Waals surface area (Å²) in [6, 6.07) is 10.6. The fourth-order valence-corrected chi connectivity index (χ4v) is 3.34. The number of furan rings is 1. The van der Waals surface area contributed by atoms with Crippen LogP contribution in [0.15, 0.2) is 51.9 Å². The van der Waals surface area contributed by atoms with Crippen molar-refractivity contribution in [1.29, 1.82) is 0 Å². The van der Waals surface area contributed by atoms with Gasteiger partial charge in [0.2, 0.25) is 5.95 Å². The van der Waals surface area contributed by atoms with Crippen LogP contribution in [0, 0.1) is 0 Å². The zero-order valence-corrected chi connectivity index (χ0v) is 14.8. The Morgan fingerprint density at radius 1 is 1.25 bits per heavy atom. The number of H-pyrrole nitrogens is 1. The molecule has 10 nitrogen and oxygen atoms in total. The van der Waals surface area contributed by atoms with Crippen molar-refractivity contribution in [1.82, 2.24) is 30.4 Å². The molecule has 2 N–H and O–H groups in total. The number of nitrogens with one attached hydrogen (secondary N) is 2. The fraction of sp³-hybridized carbons (Fsp3) is 0.167. The highest BCUT2D eigenvalue weighted by atomic mass is 16.5. The molecule has 1 aliphatic heterocycles. The second kappa shape index (κ2) is 6.34. The van der Waals surface area contributed by atoms with Gasteiger partial charge in [-0.2, -0.15) is 9.78 Å². The van der Waals surface area contributed by atoms with Gasteiger partial charge in [-0.3, -0.25) is 4.79 Å². The second-order valence-corrected chi connectivity index (χ2v) is 6.14. The van der Waals surface area contributed by atoms with Gasteiger partial charge in [-0.15, -0.1) is 0 Å². The maximum Gasteiger partial charge on any atom is 0.288 e. The van der Waals surface area contributed by atoms with Gasteiger partial charge < -0.3 is 14.5 Å². The highest BCUT2D eigenvalue weighted by Gasteiger charge is 2.35. The smallest absolute Gasteiger partial charge is 0.288 e. The van der Waals surface area contributed by atoms with Gasteiger partial charge in [0.1, 0.15) is 23.2 Å². The molecule has 0 saturated heterocycles. The maximum absolute atomic E-state index is 12.5. The minimum absolute atomic E-state index is 0.336. The van der Waals surface area contributed by atoms with Gasteiger partial charge >= 0.3 is 0 Å². The van der Waals surface area contributed by atoms with Crippen molar-refractivity contribution in [3.8, 4) is 17.0 Å². The first-order valence-corrected chi connectivity index (χ1v) is 8.70. The van der Waals surface area contributed by atoms with Crippen molar-refractivity contribution in [3.05, 3.63) is 64.3 Å². The highest BCUT2D eigenvalue weighted by molar-refractivity contribution is 5.75. The zero-order valence-electron chi connectivity index (χ0n) is 14.8. The zero-order chi connectivity index (χ0) is 19.1. The summed E-state index contributed by atoms with van der Waals surface area (Å²) in [5.41, 5.74) is 2.00. The van der Waals surface area contributed by atoms with E-state index >= 15 is 0 Å². The molecule has 0 spiro atoms. The molecule has 5 rings (SSSR count). The SMILES string of the molecule is CCOc1ccc(-c2n[nH]c(=O)c3c2[C@@H](c2ccco2)n2nnnc2N3)cc1. The van der Waals surface area contributed by atoms with E-state index in [0.29, 0.717) is 35.3 Å². The molecule has 10 heteroatoms. The molecule has 0 unspecified atom stereocenters. The average molecular weight is 377 g/mol. The third-order valence-electron chi connectivity index (χ3n) is 4.52. The summed E-state index contributed by atoms with van der Waals surface area (Å²) >= 11 is 0. The van der Waals surface area contributed by atoms with Crippen molar-refractivity contribution in [2.75, 3.05) is 11.9 Å².